The smallest absolute Gasteiger partial charge is 0.178 e. The number of rotatable bonds is 4. The van der Waals surface area contributed by atoms with E-state index in [9.17, 15) is 5.21 Å². The van der Waals surface area contributed by atoms with Gasteiger partial charge in [-0.05, 0) is 23.1 Å². The molecule has 0 fully saturated rings. The Kier molecular flexibility index (Phi) is 4.71. The first kappa shape index (κ1) is 11.8. The quantitative estimate of drug-likeness (QED) is 0.778. The Morgan fingerprint density at radius 2 is 2.21 bits per heavy atom. The molecule has 0 radical (unpaired) electrons. The minimum Gasteiger partial charge on any atom is -0.178 e. The summed E-state index contributed by atoms with van der Waals surface area (Å²) in [6, 6.07) is 5.41. The Hall–Kier alpha value is -0.260. The maximum atomic E-state index is 9.38. The molecule has 0 heterocycles. The molecule has 1 rings (SSSR count). The standard InChI is InChI=1S/C9H12ClNO2S/c1-13-11(12)9-4-7(6-14-2)3-8(10)5-9/h3-5,12H,6H2,1-2H3/p+1. The Balaban J connectivity index is 2.94. The van der Waals surface area contributed by atoms with Crippen molar-refractivity contribution >= 4 is 29.1 Å². The number of halogens is 1. The van der Waals surface area contributed by atoms with Gasteiger partial charge in [0, 0.05) is 22.9 Å². The fourth-order valence-corrected chi connectivity index (χ4v) is 1.90. The van der Waals surface area contributed by atoms with Gasteiger partial charge < -0.3 is 0 Å². The summed E-state index contributed by atoms with van der Waals surface area (Å²) in [4.78, 5) is 4.73. The van der Waals surface area contributed by atoms with Gasteiger partial charge in [0.05, 0.1) is 0 Å². The van der Waals surface area contributed by atoms with Crippen LogP contribution >= 0.6 is 23.4 Å². The first-order chi connectivity index (χ1) is 6.67. The van der Waals surface area contributed by atoms with Crippen molar-refractivity contribution in [1.29, 1.82) is 0 Å². The third-order valence-corrected chi connectivity index (χ3v) is 2.55. The molecule has 1 aromatic rings. The van der Waals surface area contributed by atoms with Crippen LogP contribution in [0.2, 0.25) is 5.02 Å². The van der Waals surface area contributed by atoms with E-state index in [1.807, 2.05) is 18.4 Å². The number of quaternary nitrogens is 1. The summed E-state index contributed by atoms with van der Waals surface area (Å²) in [6.45, 7) is 0. The third kappa shape index (κ3) is 3.15. The molecule has 0 saturated carbocycles. The number of nitrogens with one attached hydrogen (secondary N) is 1. The minimum atomic E-state index is -0.102. The van der Waals surface area contributed by atoms with Gasteiger partial charge in [-0.15, -0.1) is 0 Å². The second-order valence-corrected chi connectivity index (χ2v) is 4.09. The molecule has 0 aromatic heterocycles. The summed E-state index contributed by atoms with van der Waals surface area (Å²) in [6.07, 6.45) is 2.01. The zero-order valence-electron chi connectivity index (χ0n) is 8.08. The predicted molar refractivity (Wildman–Crippen MR) is 58.1 cm³/mol. The van der Waals surface area contributed by atoms with Crippen LogP contribution in [0.25, 0.3) is 0 Å². The zero-order valence-corrected chi connectivity index (χ0v) is 9.65. The molecule has 0 amide bonds. The number of hydrogen-bond donors (Lipinski definition) is 2. The highest BCUT2D eigenvalue weighted by Crippen LogP contribution is 2.19. The van der Waals surface area contributed by atoms with Crippen molar-refractivity contribution in [3.63, 3.8) is 0 Å². The molecule has 2 N–H and O–H groups in total. The molecule has 1 atom stereocenters. The molecule has 0 saturated heterocycles. The average molecular weight is 235 g/mol. The van der Waals surface area contributed by atoms with E-state index in [2.05, 4.69) is 0 Å². The molecule has 0 spiro atoms. The van der Waals surface area contributed by atoms with Gasteiger partial charge in [0.2, 0.25) is 0 Å². The van der Waals surface area contributed by atoms with E-state index in [0.29, 0.717) is 10.7 Å². The molecular formula is C9H13ClNO2S+. The maximum absolute atomic E-state index is 9.38. The summed E-state index contributed by atoms with van der Waals surface area (Å²) < 4.78 is 0. The van der Waals surface area contributed by atoms with Crippen molar-refractivity contribution in [2.75, 3.05) is 13.4 Å². The van der Waals surface area contributed by atoms with Crippen LogP contribution in [0.5, 0.6) is 0 Å². The fraction of sp³-hybridized carbons (Fsp3) is 0.333. The number of thioether (sulfide) groups is 1. The van der Waals surface area contributed by atoms with Crippen LogP contribution < -0.4 is 5.23 Å². The summed E-state index contributed by atoms with van der Waals surface area (Å²) >= 11 is 7.60. The highest BCUT2D eigenvalue weighted by Gasteiger charge is 2.10. The predicted octanol–water partition coefficient (Wildman–Crippen LogP) is 1.67. The van der Waals surface area contributed by atoms with E-state index in [1.54, 1.807) is 17.8 Å². The molecule has 78 valence electrons. The molecule has 5 heteroatoms. The highest BCUT2D eigenvalue weighted by atomic mass is 35.5. The van der Waals surface area contributed by atoms with Crippen molar-refractivity contribution in [3.05, 3.63) is 28.8 Å². The number of benzene rings is 1. The molecule has 0 aliphatic heterocycles. The Bertz CT molecular complexity index is 309. The molecule has 1 aromatic carbocycles. The highest BCUT2D eigenvalue weighted by molar-refractivity contribution is 7.97. The molecular weight excluding hydrogens is 222 g/mol. The van der Waals surface area contributed by atoms with Crippen LogP contribution in [0, 0.1) is 0 Å². The molecule has 1 unspecified atom stereocenters. The van der Waals surface area contributed by atoms with Gasteiger partial charge >= 0.3 is 0 Å². The third-order valence-electron chi connectivity index (χ3n) is 1.71. The van der Waals surface area contributed by atoms with Gasteiger partial charge in [-0.2, -0.15) is 21.8 Å². The van der Waals surface area contributed by atoms with Gasteiger partial charge in [-0.3, -0.25) is 0 Å². The zero-order chi connectivity index (χ0) is 10.6. The van der Waals surface area contributed by atoms with Crippen LogP contribution in [-0.2, 0) is 10.6 Å². The van der Waals surface area contributed by atoms with E-state index < -0.39 is 0 Å². The maximum Gasteiger partial charge on any atom is 0.199 e. The molecule has 0 aliphatic carbocycles. The van der Waals surface area contributed by atoms with Crippen molar-refractivity contribution in [1.82, 2.24) is 0 Å². The average Bonchev–Trinajstić information content (AvgIpc) is 2.16. The first-order valence-electron chi connectivity index (χ1n) is 4.06. The van der Waals surface area contributed by atoms with Gasteiger partial charge in [0.1, 0.15) is 7.11 Å². The lowest BCUT2D eigenvalue weighted by molar-refractivity contribution is -1.19. The largest absolute Gasteiger partial charge is 0.199 e. The lowest BCUT2D eigenvalue weighted by Crippen LogP contribution is -3.03. The molecule has 14 heavy (non-hydrogen) atoms. The SMILES string of the molecule is CO[NH+](O)c1cc(Cl)cc(CSC)c1. The Morgan fingerprint density at radius 1 is 1.50 bits per heavy atom. The summed E-state index contributed by atoms with van der Waals surface area (Å²) in [7, 11) is 1.42. The van der Waals surface area contributed by atoms with E-state index in [-0.39, 0.29) is 5.23 Å². The van der Waals surface area contributed by atoms with E-state index in [0.717, 1.165) is 11.3 Å². The normalized spacial score (nSPS) is 12.9. The second kappa shape index (κ2) is 5.58. The summed E-state index contributed by atoms with van der Waals surface area (Å²) in [5.74, 6) is 0.866. The lowest BCUT2D eigenvalue weighted by Gasteiger charge is -2.07. The lowest BCUT2D eigenvalue weighted by atomic mass is 10.2. The fourth-order valence-electron chi connectivity index (χ4n) is 1.14. The topological polar surface area (TPSA) is 33.9 Å². The minimum absolute atomic E-state index is 0.102. The Morgan fingerprint density at radius 3 is 2.79 bits per heavy atom. The molecule has 3 nitrogen and oxygen atoms in total. The van der Waals surface area contributed by atoms with Crippen molar-refractivity contribution in [2.45, 2.75) is 5.75 Å². The first-order valence-corrected chi connectivity index (χ1v) is 5.83. The van der Waals surface area contributed by atoms with Crippen LogP contribution in [0.15, 0.2) is 18.2 Å². The van der Waals surface area contributed by atoms with E-state index in [4.69, 9.17) is 16.4 Å². The van der Waals surface area contributed by atoms with Crippen LogP contribution in [0.3, 0.4) is 0 Å². The van der Waals surface area contributed by atoms with Crippen molar-refractivity contribution < 1.29 is 15.3 Å². The number of hydrogen-bond acceptors (Lipinski definition) is 3. The van der Waals surface area contributed by atoms with E-state index >= 15 is 0 Å². The van der Waals surface area contributed by atoms with Crippen LogP contribution in [0.4, 0.5) is 5.69 Å². The summed E-state index contributed by atoms with van der Waals surface area (Å²) in [5.41, 5.74) is 1.69. The van der Waals surface area contributed by atoms with Gasteiger partial charge in [-0.25, -0.2) is 0 Å². The van der Waals surface area contributed by atoms with E-state index in [1.165, 1.54) is 7.11 Å². The molecule has 0 aliphatic rings. The van der Waals surface area contributed by atoms with Crippen molar-refractivity contribution in [2.24, 2.45) is 0 Å². The van der Waals surface area contributed by atoms with Gasteiger partial charge in [0.15, 0.2) is 5.69 Å². The van der Waals surface area contributed by atoms with Crippen molar-refractivity contribution in [3.8, 4) is 0 Å². The second-order valence-electron chi connectivity index (χ2n) is 2.79. The van der Waals surface area contributed by atoms with Crippen LogP contribution in [0.1, 0.15) is 5.56 Å². The van der Waals surface area contributed by atoms with Crippen LogP contribution in [-0.4, -0.2) is 18.6 Å². The van der Waals surface area contributed by atoms with Gasteiger partial charge in [-0.1, -0.05) is 11.6 Å². The monoisotopic (exact) mass is 234 g/mol. The van der Waals surface area contributed by atoms with Gasteiger partial charge in [0.25, 0.3) is 0 Å². The molecule has 0 bridgehead atoms. The summed E-state index contributed by atoms with van der Waals surface area (Å²) in [5, 5.41) is 9.88. The Labute approximate surface area is 92.5 Å².